The molecule has 0 spiro atoms. The van der Waals surface area contributed by atoms with Crippen LogP contribution >= 0.6 is 11.8 Å². The Balaban J connectivity index is 2.67. The molecule has 0 aliphatic heterocycles. The molecule has 1 unspecified atom stereocenters. The van der Waals surface area contributed by atoms with E-state index in [1.165, 1.54) is 18.2 Å². The topological polar surface area (TPSA) is 55.1 Å². The number of thioether (sulfide) groups is 1. The van der Waals surface area contributed by atoms with Crippen molar-refractivity contribution in [3.05, 3.63) is 29.6 Å². The van der Waals surface area contributed by atoms with Crippen molar-refractivity contribution in [1.82, 2.24) is 5.32 Å². The van der Waals surface area contributed by atoms with Gasteiger partial charge in [-0.15, -0.1) is 0 Å². The van der Waals surface area contributed by atoms with Crippen molar-refractivity contribution >= 4 is 23.4 Å². The summed E-state index contributed by atoms with van der Waals surface area (Å²) in [5.41, 5.74) is 5.62. The van der Waals surface area contributed by atoms with E-state index >= 15 is 0 Å². The number of hydrogen-bond donors (Lipinski definition) is 2. The van der Waals surface area contributed by atoms with Gasteiger partial charge in [-0.05, 0) is 37.5 Å². The highest BCUT2D eigenvalue weighted by Crippen LogP contribution is 2.15. The summed E-state index contributed by atoms with van der Waals surface area (Å²) in [4.78, 5) is 11.8. The molecule has 0 bridgehead atoms. The first-order chi connectivity index (χ1) is 8.06. The summed E-state index contributed by atoms with van der Waals surface area (Å²) in [7, 11) is 0. The number of carbonyl (C=O) groups excluding carboxylic acids is 1. The number of carbonyl (C=O) groups is 1. The molecule has 0 radical (unpaired) electrons. The van der Waals surface area contributed by atoms with Crippen LogP contribution < -0.4 is 11.1 Å². The number of anilines is 1. The van der Waals surface area contributed by atoms with Gasteiger partial charge >= 0.3 is 0 Å². The van der Waals surface area contributed by atoms with Gasteiger partial charge in [0.2, 0.25) is 0 Å². The monoisotopic (exact) mass is 256 g/mol. The minimum absolute atomic E-state index is 0.0533. The van der Waals surface area contributed by atoms with Crippen molar-refractivity contribution in [2.45, 2.75) is 19.4 Å². The lowest BCUT2D eigenvalue weighted by Gasteiger charge is -2.14. The highest BCUT2D eigenvalue weighted by atomic mass is 32.2. The summed E-state index contributed by atoms with van der Waals surface area (Å²) in [5.74, 6) is 0.0881. The zero-order valence-electron chi connectivity index (χ0n) is 10.00. The van der Waals surface area contributed by atoms with Gasteiger partial charge in [-0.2, -0.15) is 11.8 Å². The molecule has 1 rings (SSSR count). The highest BCUT2D eigenvalue weighted by molar-refractivity contribution is 7.98. The lowest BCUT2D eigenvalue weighted by Crippen LogP contribution is -2.33. The number of nitrogen functional groups attached to an aromatic ring is 1. The Hall–Kier alpha value is -1.23. The van der Waals surface area contributed by atoms with Crippen LogP contribution in [0, 0.1) is 5.82 Å². The van der Waals surface area contributed by atoms with Crippen molar-refractivity contribution in [2.24, 2.45) is 0 Å². The first-order valence-corrected chi connectivity index (χ1v) is 6.79. The van der Waals surface area contributed by atoms with E-state index in [1.54, 1.807) is 11.8 Å². The number of amides is 1. The lowest BCUT2D eigenvalue weighted by molar-refractivity contribution is 0.0940. The molecule has 0 aromatic heterocycles. The molecule has 0 aliphatic carbocycles. The Morgan fingerprint density at radius 2 is 2.29 bits per heavy atom. The number of para-hydroxylation sites is 1. The number of nitrogens with one attached hydrogen (secondary N) is 1. The Labute approximate surface area is 105 Å². The third kappa shape index (κ3) is 3.93. The average Bonchev–Trinajstić information content (AvgIpc) is 2.29. The number of rotatable bonds is 5. The smallest absolute Gasteiger partial charge is 0.253 e. The van der Waals surface area contributed by atoms with Gasteiger partial charge in [0.15, 0.2) is 0 Å². The minimum atomic E-state index is -0.561. The zero-order chi connectivity index (χ0) is 12.8. The fourth-order valence-corrected chi connectivity index (χ4v) is 1.99. The Kier molecular flexibility index (Phi) is 5.28. The molecule has 0 heterocycles. The average molecular weight is 256 g/mol. The second-order valence-corrected chi connectivity index (χ2v) is 4.84. The molecule has 0 saturated carbocycles. The molecule has 0 fully saturated rings. The second-order valence-electron chi connectivity index (χ2n) is 3.86. The zero-order valence-corrected chi connectivity index (χ0v) is 10.8. The van der Waals surface area contributed by atoms with Gasteiger partial charge in [0.1, 0.15) is 5.82 Å². The normalized spacial score (nSPS) is 12.2. The fraction of sp³-hybridized carbons (Fsp3) is 0.417. The quantitative estimate of drug-likeness (QED) is 0.795. The van der Waals surface area contributed by atoms with Gasteiger partial charge < -0.3 is 11.1 Å². The Morgan fingerprint density at radius 3 is 2.94 bits per heavy atom. The van der Waals surface area contributed by atoms with Gasteiger partial charge in [-0.1, -0.05) is 6.07 Å². The van der Waals surface area contributed by atoms with Crippen molar-refractivity contribution in [3.8, 4) is 0 Å². The van der Waals surface area contributed by atoms with Gasteiger partial charge in [-0.3, -0.25) is 4.79 Å². The van der Waals surface area contributed by atoms with Crippen molar-refractivity contribution in [1.29, 1.82) is 0 Å². The highest BCUT2D eigenvalue weighted by Gasteiger charge is 2.14. The summed E-state index contributed by atoms with van der Waals surface area (Å²) in [6, 6.07) is 4.29. The van der Waals surface area contributed by atoms with Crippen LogP contribution in [0.4, 0.5) is 10.1 Å². The molecule has 3 N–H and O–H groups in total. The van der Waals surface area contributed by atoms with Crippen LogP contribution in [0.5, 0.6) is 0 Å². The van der Waals surface area contributed by atoms with Crippen LogP contribution in [0.3, 0.4) is 0 Å². The predicted molar refractivity (Wildman–Crippen MR) is 70.7 cm³/mol. The molecule has 1 atom stereocenters. The van der Waals surface area contributed by atoms with Crippen LogP contribution in [0.25, 0.3) is 0 Å². The standard InChI is InChI=1S/C12H17FN2OS/c1-8(6-7-17-2)15-12(16)9-4-3-5-10(13)11(9)14/h3-5,8H,6-7,14H2,1-2H3,(H,15,16). The van der Waals surface area contributed by atoms with E-state index in [0.717, 1.165) is 12.2 Å². The maximum atomic E-state index is 13.2. The van der Waals surface area contributed by atoms with E-state index in [9.17, 15) is 9.18 Å². The molecule has 1 amide bonds. The molecular formula is C12H17FN2OS. The maximum absolute atomic E-state index is 13.2. The predicted octanol–water partition coefficient (Wildman–Crippen LogP) is 2.28. The van der Waals surface area contributed by atoms with Gasteiger partial charge in [0, 0.05) is 6.04 Å². The largest absolute Gasteiger partial charge is 0.396 e. The number of halogens is 1. The summed E-state index contributed by atoms with van der Waals surface area (Å²) >= 11 is 1.72. The van der Waals surface area contributed by atoms with E-state index in [-0.39, 0.29) is 23.2 Å². The van der Waals surface area contributed by atoms with Crippen LogP contribution in [-0.4, -0.2) is 24.0 Å². The molecule has 1 aromatic carbocycles. The van der Waals surface area contributed by atoms with E-state index < -0.39 is 5.82 Å². The lowest BCUT2D eigenvalue weighted by atomic mass is 10.1. The van der Waals surface area contributed by atoms with Crippen molar-refractivity contribution in [2.75, 3.05) is 17.7 Å². The maximum Gasteiger partial charge on any atom is 0.253 e. The van der Waals surface area contributed by atoms with E-state index in [4.69, 9.17) is 5.73 Å². The van der Waals surface area contributed by atoms with Crippen molar-refractivity contribution in [3.63, 3.8) is 0 Å². The number of benzene rings is 1. The number of hydrogen-bond acceptors (Lipinski definition) is 3. The first kappa shape index (κ1) is 13.8. The molecule has 17 heavy (non-hydrogen) atoms. The van der Waals surface area contributed by atoms with Crippen molar-refractivity contribution < 1.29 is 9.18 Å². The van der Waals surface area contributed by atoms with Crippen LogP contribution in [0.15, 0.2) is 18.2 Å². The summed E-state index contributed by atoms with van der Waals surface area (Å²) in [5, 5.41) is 2.80. The molecule has 5 heteroatoms. The molecule has 0 saturated heterocycles. The SMILES string of the molecule is CSCCC(C)NC(=O)c1cccc(F)c1N. The van der Waals surface area contributed by atoms with Crippen LogP contribution in [0.1, 0.15) is 23.7 Å². The van der Waals surface area contributed by atoms with Gasteiger partial charge in [0.05, 0.1) is 11.3 Å². The molecule has 3 nitrogen and oxygen atoms in total. The molecule has 0 aliphatic rings. The third-order valence-corrected chi connectivity index (χ3v) is 3.07. The Bertz CT molecular complexity index is 398. The molecule has 94 valence electrons. The van der Waals surface area contributed by atoms with E-state index in [2.05, 4.69) is 5.32 Å². The van der Waals surface area contributed by atoms with Gasteiger partial charge in [-0.25, -0.2) is 4.39 Å². The first-order valence-electron chi connectivity index (χ1n) is 5.40. The molecule has 1 aromatic rings. The summed E-state index contributed by atoms with van der Waals surface area (Å²) < 4.78 is 13.2. The second kappa shape index (κ2) is 6.49. The minimum Gasteiger partial charge on any atom is -0.396 e. The summed E-state index contributed by atoms with van der Waals surface area (Å²) in [6.07, 6.45) is 2.89. The fourth-order valence-electron chi connectivity index (χ4n) is 1.40. The number of nitrogens with two attached hydrogens (primary N) is 1. The summed E-state index contributed by atoms with van der Waals surface area (Å²) in [6.45, 7) is 1.92. The Morgan fingerprint density at radius 1 is 1.59 bits per heavy atom. The van der Waals surface area contributed by atoms with E-state index in [0.29, 0.717) is 0 Å². The van der Waals surface area contributed by atoms with Crippen LogP contribution in [-0.2, 0) is 0 Å². The molecular weight excluding hydrogens is 239 g/mol. The van der Waals surface area contributed by atoms with Gasteiger partial charge in [0.25, 0.3) is 5.91 Å². The third-order valence-electron chi connectivity index (χ3n) is 2.43. The van der Waals surface area contributed by atoms with Crippen LogP contribution in [0.2, 0.25) is 0 Å². The van der Waals surface area contributed by atoms with E-state index in [1.807, 2.05) is 13.2 Å².